The molecule has 2 N–H and O–H groups in total. The van der Waals surface area contributed by atoms with Gasteiger partial charge in [-0.25, -0.2) is 4.39 Å². The van der Waals surface area contributed by atoms with Crippen molar-refractivity contribution in [2.45, 2.75) is 39.0 Å². The van der Waals surface area contributed by atoms with Crippen molar-refractivity contribution >= 4 is 15.9 Å². The lowest BCUT2D eigenvalue weighted by atomic mass is 9.97. The Morgan fingerprint density at radius 1 is 1.71 bits per heavy atom. The Bertz CT molecular complexity index is 316. The number of aryl methyl sites for hydroxylation is 1. The van der Waals surface area contributed by atoms with Gasteiger partial charge in [-0.1, -0.05) is 0 Å². The minimum atomic E-state index is -1.22. The van der Waals surface area contributed by atoms with Crippen LogP contribution in [0, 0.1) is 0 Å². The first-order valence-electron chi connectivity index (χ1n) is 4.52. The molecule has 1 rings (SSSR count). The Morgan fingerprint density at radius 2 is 2.29 bits per heavy atom. The largest absolute Gasteiger partial charge is 0.323 e. The highest BCUT2D eigenvalue weighted by molar-refractivity contribution is 9.10. The zero-order valence-electron chi connectivity index (χ0n) is 8.59. The molecule has 1 heterocycles. The second-order valence-electron chi connectivity index (χ2n) is 3.88. The van der Waals surface area contributed by atoms with E-state index in [2.05, 4.69) is 21.0 Å². The predicted molar refractivity (Wildman–Crippen MR) is 57.7 cm³/mol. The van der Waals surface area contributed by atoms with Crippen LogP contribution in [0.2, 0.25) is 0 Å². The summed E-state index contributed by atoms with van der Waals surface area (Å²) in [4.78, 5) is 0. The van der Waals surface area contributed by atoms with Crippen molar-refractivity contribution in [1.82, 2.24) is 9.78 Å². The summed E-state index contributed by atoms with van der Waals surface area (Å²) in [6.45, 7) is 5.88. The van der Waals surface area contributed by atoms with Crippen molar-refractivity contribution in [1.29, 1.82) is 0 Å². The maximum Gasteiger partial charge on any atom is 0.160 e. The lowest BCUT2D eigenvalue weighted by Gasteiger charge is -2.24. The number of aromatic nitrogens is 2. The van der Waals surface area contributed by atoms with Crippen LogP contribution in [-0.2, 0) is 6.54 Å². The zero-order chi connectivity index (χ0) is 10.9. The Kier molecular flexibility index (Phi) is 3.32. The molecule has 80 valence electrons. The van der Waals surface area contributed by atoms with E-state index in [0.29, 0.717) is 16.7 Å². The van der Waals surface area contributed by atoms with E-state index in [0.717, 1.165) is 0 Å². The van der Waals surface area contributed by atoms with Gasteiger partial charge in [0, 0.05) is 12.1 Å². The van der Waals surface area contributed by atoms with Gasteiger partial charge in [-0.15, -0.1) is 0 Å². The van der Waals surface area contributed by atoms with Crippen molar-refractivity contribution in [3.8, 4) is 0 Å². The van der Waals surface area contributed by atoms with E-state index in [-0.39, 0.29) is 0 Å². The van der Waals surface area contributed by atoms with Gasteiger partial charge in [0.05, 0.1) is 16.4 Å². The monoisotopic (exact) mass is 263 g/mol. The first-order chi connectivity index (χ1) is 6.38. The standard InChI is InChI=1S/C9H15BrFN3/c1-4-14-7(6(10)5-13-14)8(11)9(2,3)12/h5,8H,4,12H2,1-3H3. The molecule has 0 radical (unpaired) electrons. The first kappa shape index (κ1) is 11.7. The molecular weight excluding hydrogens is 249 g/mol. The summed E-state index contributed by atoms with van der Waals surface area (Å²) >= 11 is 3.27. The van der Waals surface area contributed by atoms with E-state index >= 15 is 0 Å². The van der Waals surface area contributed by atoms with Gasteiger partial charge >= 0.3 is 0 Å². The Labute approximate surface area is 91.6 Å². The lowest BCUT2D eigenvalue weighted by molar-refractivity contribution is 0.209. The van der Waals surface area contributed by atoms with E-state index in [1.807, 2.05) is 6.92 Å². The Morgan fingerprint density at radius 3 is 2.71 bits per heavy atom. The molecule has 0 aliphatic heterocycles. The van der Waals surface area contributed by atoms with Crippen LogP contribution < -0.4 is 5.73 Å². The molecule has 0 aromatic carbocycles. The maximum absolute atomic E-state index is 14.0. The SMILES string of the molecule is CCn1ncc(Br)c1C(F)C(C)(C)N. The maximum atomic E-state index is 14.0. The van der Waals surface area contributed by atoms with Crippen LogP contribution in [0.5, 0.6) is 0 Å². The van der Waals surface area contributed by atoms with Gasteiger partial charge in [0.2, 0.25) is 0 Å². The molecule has 1 atom stereocenters. The average molecular weight is 264 g/mol. The van der Waals surface area contributed by atoms with E-state index in [4.69, 9.17) is 5.73 Å². The Hall–Kier alpha value is -0.420. The topological polar surface area (TPSA) is 43.8 Å². The highest BCUT2D eigenvalue weighted by Crippen LogP contribution is 2.32. The number of halogens is 2. The average Bonchev–Trinajstić information content (AvgIpc) is 2.43. The highest BCUT2D eigenvalue weighted by Gasteiger charge is 2.31. The second kappa shape index (κ2) is 3.98. The van der Waals surface area contributed by atoms with Crippen LogP contribution in [-0.4, -0.2) is 15.3 Å². The van der Waals surface area contributed by atoms with E-state index in [9.17, 15) is 4.39 Å². The van der Waals surface area contributed by atoms with Gasteiger partial charge in [-0.2, -0.15) is 5.10 Å². The summed E-state index contributed by atoms with van der Waals surface area (Å²) in [6.07, 6.45) is 0.372. The number of hydrogen-bond donors (Lipinski definition) is 1. The molecule has 1 aromatic heterocycles. The summed E-state index contributed by atoms with van der Waals surface area (Å²) in [6, 6.07) is 0. The van der Waals surface area contributed by atoms with Crippen LogP contribution in [0.25, 0.3) is 0 Å². The fourth-order valence-corrected chi connectivity index (χ4v) is 1.73. The smallest absolute Gasteiger partial charge is 0.160 e. The van der Waals surface area contributed by atoms with Crippen LogP contribution in [0.1, 0.15) is 32.6 Å². The van der Waals surface area contributed by atoms with Gasteiger partial charge in [0.15, 0.2) is 6.17 Å². The normalized spacial score (nSPS) is 14.4. The third kappa shape index (κ3) is 2.15. The van der Waals surface area contributed by atoms with E-state index < -0.39 is 11.7 Å². The van der Waals surface area contributed by atoms with Crippen molar-refractivity contribution in [2.75, 3.05) is 0 Å². The van der Waals surface area contributed by atoms with Crippen LogP contribution in [0.4, 0.5) is 4.39 Å². The summed E-state index contributed by atoms with van der Waals surface area (Å²) in [5.41, 5.74) is 5.35. The number of hydrogen-bond acceptors (Lipinski definition) is 2. The molecule has 0 amide bonds. The third-order valence-corrected chi connectivity index (χ3v) is 2.64. The molecule has 0 saturated carbocycles. The minimum Gasteiger partial charge on any atom is -0.323 e. The molecule has 0 bridgehead atoms. The fourth-order valence-electron chi connectivity index (χ4n) is 1.23. The van der Waals surface area contributed by atoms with Gasteiger partial charge < -0.3 is 5.73 Å². The van der Waals surface area contributed by atoms with Crippen LogP contribution >= 0.6 is 15.9 Å². The molecule has 0 aliphatic carbocycles. The molecule has 0 spiro atoms. The van der Waals surface area contributed by atoms with Gasteiger partial charge in [-0.05, 0) is 36.7 Å². The minimum absolute atomic E-state index is 0.514. The van der Waals surface area contributed by atoms with Gasteiger partial charge in [-0.3, -0.25) is 4.68 Å². The lowest BCUT2D eigenvalue weighted by Crippen LogP contribution is -2.38. The predicted octanol–water partition coefficient (Wildman–Crippen LogP) is 2.41. The molecule has 0 aliphatic rings. The summed E-state index contributed by atoms with van der Waals surface area (Å²) in [5.74, 6) is 0. The first-order valence-corrected chi connectivity index (χ1v) is 5.31. The fraction of sp³-hybridized carbons (Fsp3) is 0.667. The highest BCUT2D eigenvalue weighted by atomic mass is 79.9. The molecule has 1 aromatic rings. The van der Waals surface area contributed by atoms with E-state index in [1.54, 1.807) is 24.7 Å². The Balaban J connectivity index is 3.11. The van der Waals surface area contributed by atoms with Crippen molar-refractivity contribution < 1.29 is 4.39 Å². The summed E-state index contributed by atoms with van der Waals surface area (Å²) in [7, 11) is 0. The van der Waals surface area contributed by atoms with Crippen molar-refractivity contribution in [2.24, 2.45) is 5.73 Å². The molecule has 5 heteroatoms. The molecule has 3 nitrogen and oxygen atoms in total. The molecule has 0 saturated heterocycles. The summed E-state index contributed by atoms with van der Waals surface area (Å²) in [5, 5.41) is 4.04. The molecular formula is C9H15BrFN3. The zero-order valence-corrected chi connectivity index (χ0v) is 10.2. The van der Waals surface area contributed by atoms with Crippen molar-refractivity contribution in [3.63, 3.8) is 0 Å². The van der Waals surface area contributed by atoms with Crippen LogP contribution in [0.15, 0.2) is 10.7 Å². The number of rotatable bonds is 3. The molecule has 1 unspecified atom stereocenters. The molecule has 14 heavy (non-hydrogen) atoms. The third-order valence-electron chi connectivity index (χ3n) is 2.03. The van der Waals surface area contributed by atoms with Gasteiger partial charge in [0.25, 0.3) is 0 Å². The van der Waals surface area contributed by atoms with Crippen LogP contribution in [0.3, 0.4) is 0 Å². The van der Waals surface area contributed by atoms with E-state index in [1.165, 1.54) is 0 Å². The quantitative estimate of drug-likeness (QED) is 0.911. The van der Waals surface area contributed by atoms with Crippen molar-refractivity contribution in [3.05, 3.63) is 16.4 Å². The van der Waals surface area contributed by atoms with Gasteiger partial charge in [0.1, 0.15) is 0 Å². The number of nitrogens with two attached hydrogens (primary N) is 1. The summed E-state index contributed by atoms with van der Waals surface area (Å²) < 4.78 is 16.3. The number of alkyl halides is 1. The number of nitrogens with zero attached hydrogens (tertiary/aromatic N) is 2. The molecule has 0 fully saturated rings. The second-order valence-corrected chi connectivity index (χ2v) is 4.73.